The van der Waals surface area contributed by atoms with Gasteiger partial charge in [0.1, 0.15) is 0 Å². The first-order chi connectivity index (χ1) is 11.3. The molecule has 2 rings (SSSR count). The number of carbonyl (C=O) groups is 1. The Morgan fingerprint density at radius 1 is 1.33 bits per heavy atom. The molecule has 0 fully saturated rings. The molecule has 10 heteroatoms. The molecule has 1 N–H and O–H groups in total. The number of benzene rings is 1. The maximum absolute atomic E-state index is 12.4. The highest BCUT2D eigenvalue weighted by molar-refractivity contribution is 5.72. The summed E-state index contributed by atoms with van der Waals surface area (Å²) in [5.74, 6) is -1.52. The number of amides is 2. The molecular weight excluding hydrogens is 329 g/mol. The number of alkyl halides is 3. The molecule has 0 radical (unpaired) electrons. The number of hydrogen-bond donors (Lipinski definition) is 1. The molecule has 0 aliphatic rings. The van der Waals surface area contributed by atoms with Crippen LogP contribution in [0.25, 0.3) is 11.4 Å². The molecule has 7 nitrogen and oxygen atoms in total. The number of rotatable bonds is 5. The van der Waals surface area contributed by atoms with E-state index >= 15 is 0 Å². The average Bonchev–Trinajstić information content (AvgIpc) is 3.05. The second-order valence-corrected chi connectivity index (χ2v) is 4.78. The summed E-state index contributed by atoms with van der Waals surface area (Å²) in [7, 11) is 2.85. The maximum Gasteiger partial charge on any atom is 0.471 e. The van der Waals surface area contributed by atoms with Crippen LogP contribution in [0.15, 0.2) is 28.8 Å². The molecule has 0 saturated heterocycles. The van der Waals surface area contributed by atoms with E-state index in [0.29, 0.717) is 18.5 Å². The lowest BCUT2D eigenvalue weighted by Gasteiger charge is -2.14. The van der Waals surface area contributed by atoms with Gasteiger partial charge in [-0.3, -0.25) is 4.84 Å². The number of hydrogen-bond acceptors (Lipinski definition) is 5. The first-order valence-corrected chi connectivity index (χ1v) is 6.87. The van der Waals surface area contributed by atoms with E-state index in [4.69, 9.17) is 4.84 Å². The topological polar surface area (TPSA) is 80.5 Å². The zero-order valence-electron chi connectivity index (χ0n) is 12.9. The number of aromatic nitrogens is 2. The van der Waals surface area contributed by atoms with Crippen LogP contribution >= 0.6 is 0 Å². The Bertz CT molecular complexity index is 685. The van der Waals surface area contributed by atoms with Gasteiger partial charge in [0.25, 0.3) is 0 Å². The normalized spacial score (nSPS) is 11.4. The second-order valence-electron chi connectivity index (χ2n) is 4.78. The minimum absolute atomic E-state index is 0.135. The summed E-state index contributed by atoms with van der Waals surface area (Å²) in [6.07, 6.45) is -4.12. The predicted octanol–water partition coefficient (Wildman–Crippen LogP) is 2.50. The lowest BCUT2D eigenvalue weighted by atomic mass is 10.1. The third-order valence-electron chi connectivity index (χ3n) is 3.13. The van der Waals surface area contributed by atoms with Crippen molar-refractivity contribution in [3.8, 4) is 11.4 Å². The summed E-state index contributed by atoms with van der Waals surface area (Å²) in [6, 6.07) is 6.23. The molecule has 24 heavy (non-hydrogen) atoms. The van der Waals surface area contributed by atoms with Crippen LogP contribution in [0.4, 0.5) is 18.0 Å². The van der Waals surface area contributed by atoms with Gasteiger partial charge in [0, 0.05) is 19.2 Å². The molecule has 0 atom stereocenters. The molecule has 0 bridgehead atoms. The molecule has 1 aromatic carbocycles. The van der Waals surface area contributed by atoms with E-state index in [9.17, 15) is 18.0 Å². The number of nitrogens with zero attached hydrogens (tertiary/aromatic N) is 3. The summed E-state index contributed by atoms with van der Waals surface area (Å²) in [5.41, 5.74) is 1.29. The zero-order chi connectivity index (χ0) is 17.7. The standard InChI is InChI=1S/C14H15F3N4O3/c1-21(23-2)13(22)18-8-7-9-3-5-10(6-4-9)11-19-12(24-20-11)14(15,16)17/h3-6H,7-8H2,1-2H3,(H,18,22). The number of hydroxylamine groups is 2. The lowest BCUT2D eigenvalue weighted by Crippen LogP contribution is -2.37. The summed E-state index contributed by atoms with van der Waals surface area (Å²) >= 11 is 0. The second kappa shape index (κ2) is 7.30. The minimum Gasteiger partial charge on any atom is -0.336 e. The Kier molecular flexibility index (Phi) is 5.39. The summed E-state index contributed by atoms with van der Waals surface area (Å²) in [5, 5.41) is 7.01. The van der Waals surface area contributed by atoms with E-state index in [0.717, 1.165) is 10.6 Å². The van der Waals surface area contributed by atoms with Gasteiger partial charge in [-0.1, -0.05) is 29.4 Å². The average molecular weight is 344 g/mol. The number of nitrogens with one attached hydrogen (secondary N) is 1. The third-order valence-corrected chi connectivity index (χ3v) is 3.13. The Hall–Kier alpha value is -2.62. The summed E-state index contributed by atoms with van der Waals surface area (Å²) in [4.78, 5) is 19.5. The molecule has 0 unspecified atom stereocenters. The molecule has 130 valence electrons. The predicted molar refractivity (Wildman–Crippen MR) is 76.6 cm³/mol. The number of urea groups is 1. The third kappa shape index (κ3) is 4.44. The van der Waals surface area contributed by atoms with E-state index in [1.165, 1.54) is 14.2 Å². The highest BCUT2D eigenvalue weighted by Crippen LogP contribution is 2.29. The van der Waals surface area contributed by atoms with Crippen molar-refractivity contribution in [3.05, 3.63) is 35.7 Å². The van der Waals surface area contributed by atoms with Crippen molar-refractivity contribution in [3.63, 3.8) is 0 Å². The van der Waals surface area contributed by atoms with Crippen LogP contribution in [-0.2, 0) is 17.4 Å². The minimum atomic E-state index is -4.67. The SMILES string of the molecule is CON(C)C(=O)NCCc1ccc(-c2noc(C(F)(F)F)n2)cc1. The Labute approximate surface area is 135 Å². The fraction of sp³-hybridized carbons (Fsp3) is 0.357. The van der Waals surface area contributed by atoms with Crippen LogP contribution in [0.2, 0.25) is 0 Å². The fourth-order valence-corrected chi connectivity index (χ4v) is 1.78. The first-order valence-electron chi connectivity index (χ1n) is 6.87. The van der Waals surface area contributed by atoms with Crippen LogP contribution < -0.4 is 5.32 Å². The Morgan fingerprint density at radius 3 is 2.54 bits per heavy atom. The van der Waals surface area contributed by atoms with Crippen molar-refractivity contribution in [1.82, 2.24) is 20.5 Å². The molecule has 0 aliphatic heterocycles. The van der Waals surface area contributed by atoms with Gasteiger partial charge in [-0.25, -0.2) is 9.86 Å². The maximum atomic E-state index is 12.4. The first kappa shape index (κ1) is 17.7. The van der Waals surface area contributed by atoms with Crippen molar-refractivity contribution in [2.24, 2.45) is 0 Å². The Balaban J connectivity index is 1.93. The van der Waals surface area contributed by atoms with Crippen molar-refractivity contribution in [1.29, 1.82) is 0 Å². The van der Waals surface area contributed by atoms with Crippen molar-refractivity contribution < 1.29 is 27.3 Å². The molecule has 1 heterocycles. The molecule has 1 aromatic heterocycles. The van der Waals surface area contributed by atoms with E-state index in [2.05, 4.69) is 20.0 Å². The Morgan fingerprint density at radius 2 is 2.00 bits per heavy atom. The monoisotopic (exact) mass is 344 g/mol. The quantitative estimate of drug-likeness (QED) is 0.843. The van der Waals surface area contributed by atoms with Gasteiger partial charge in [-0.2, -0.15) is 18.2 Å². The van der Waals surface area contributed by atoms with Gasteiger partial charge >= 0.3 is 18.1 Å². The molecule has 0 spiro atoms. The van der Waals surface area contributed by atoms with E-state index in [1.807, 2.05) is 0 Å². The van der Waals surface area contributed by atoms with E-state index < -0.39 is 12.1 Å². The highest BCUT2D eigenvalue weighted by atomic mass is 19.4. The molecule has 2 aromatic rings. The smallest absolute Gasteiger partial charge is 0.336 e. The summed E-state index contributed by atoms with van der Waals surface area (Å²) < 4.78 is 41.5. The fourth-order valence-electron chi connectivity index (χ4n) is 1.78. The number of halogens is 3. The molecule has 0 aliphatic carbocycles. The molecule has 2 amide bonds. The number of carbonyl (C=O) groups excluding carboxylic acids is 1. The van der Waals surface area contributed by atoms with Crippen molar-refractivity contribution in [2.75, 3.05) is 20.7 Å². The highest BCUT2D eigenvalue weighted by Gasteiger charge is 2.38. The van der Waals surface area contributed by atoms with Gasteiger partial charge in [0.05, 0.1) is 7.11 Å². The van der Waals surface area contributed by atoms with Crippen LogP contribution in [0, 0.1) is 0 Å². The summed E-state index contributed by atoms with van der Waals surface area (Å²) in [6.45, 7) is 0.381. The largest absolute Gasteiger partial charge is 0.471 e. The van der Waals surface area contributed by atoms with Crippen LogP contribution in [-0.4, -0.2) is 41.9 Å². The van der Waals surface area contributed by atoms with Crippen LogP contribution in [0.3, 0.4) is 0 Å². The van der Waals surface area contributed by atoms with Gasteiger partial charge in [0.15, 0.2) is 0 Å². The molecular formula is C14H15F3N4O3. The van der Waals surface area contributed by atoms with E-state index in [-0.39, 0.29) is 11.9 Å². The van der Waals surface area contributed by atoms with E-state index in [1.54, 1.807) is 24.3 Å². The van der Waals surface area contributed by atoms with Gasteiger partial charge in [-0.15, -0.1) is 0 Å². The van der Waals surface area contributed by atoms with Crippen LogP contribution in [0.5, 0.6) is 0 Å². The van der Waals surface area contributed by atoms with Crippen LogP contribution in [0.1, 0.15) is 11.5 Å². The molecule has 0 saturated carbocycles. The van der Waals surface area contributed by atoms with Gasteiger partial charge < -0.3 is 9.84 Å². The van der Waals surface area contributed by atoms with Gasteiger partial charge in [0.2, 0.25) is 5.82 Å². The van der Waals surface area contributed by atoms with Gasteiger partial charge in [-0.05, 0) is 12.0 Å². The van der Waals surface area contributed by atoms with Crippen molar-refractivity contribution in [2.45, 2.75) is 12.6 Å². The lowest BCUT2D eigenvalue weighted by molar-refractivity contribution is -0.159. The van der Waals surface area contributed by atoms with Crippen molar-refractivity contribution >= 4 is 6.03 Å². The zero-order valence-corrected chi connectivity index (χ0v) is 12.9.